The van der Waals surface area contributed by atoms with Gasteiger partial charge in [-0.2, -0.15) is 0 Å². The number of hydrogen-bond acceptors (Lipinski definition) is 1. The summed E-state index contributed by atoms with van der Waals surface area (Å²) in [5.74, 6) is -0.0656. The molecule has 1 aromatic heterocycles. The smallest absolute Gasteiger partial charge is 0.193 e. The van der Waals surface area contributed by atoms with Gasteiger partial charge in [-0.3, -0.25) is 4.79 Å². The molecular formula is C13H10Cl2NO+. The van der Waals surface area contributed by atoms with Gasteiger partial charge in [-0.1, -0.05) is 23.2 Å². The average Bonchev–Trinajstić information content (AvgIpc) is 2.33. The molecule has 0 amide bonds. The Bertz CT molecular complexity index is 564. The molecular weight excluding hydrogens is 257 g/mol. The van der Waals surface area contributed by atoms with E-state index in [-0.39, 0.29) is 5.78 Å². The summed E-state index contributed by atoms with van der Waals surface area (Å²) in [6, 6.07) is 8.42. The van der Waals surface area contributed by atoms with Gasteiger partial charge >= 0.3 is 0 Å². The van der Waals surface area contributed by atoms with Crippen molar-refractivity contribution in [3.05, 3.63) is 63.9 Å². The van der Waals surface area contributed by atoms with Crippen molar-refractivity contribution in [3.63, 3.8) is 0 Å². The molecule has 4 heteroatoms. The van der Waals surface area contributed by atoms with Gasteiger partial charge < -0.3 is 0 Å². The molecule has 17 heavy (non-hydrogen) atoms. The molecule has 86 valence electrons. The maximum Gasteiger partial charge on any atom is 0.193 e. The number of nitrogens with zero attached hydrogens (tertiary/aromatic N) is 1. The maximum atomic E-state index is 12.1. The van der Waals surface area contributed by atoms with E-state index in [1.807, 2.05) is 24.0 Å². The molecule has 0 spiro atoms. The van der Waals surface area contributed by atoms with Gasteiger partial charge in [0, 0.05) is 23.3 Å². The van der Waals surface area contributed by atoms with Gasteiger partial charge in [-0.05, 0) is 18.2 Å². The van der Waals surface area contributed by atoms with E-state index >= 15 is 0 Å². The highest BCUT2D eigenvalue weighted by atomic mass is 35.5. The Hall–Kier alpha value is -1.38. The highest BCUT2D eigenvalue weighted by molar-refractivity contribution is 6.42. The van der Waals surface area contributed by atoms with Crippen molar-refractivity contribution in [2.75, 3.05) is 0 Å². The van der Waals surface area contributed by atoms with Crippen molar-refractivity contribution >= 4 is 29.0 Å². The van der Waals surface area contributed by atoms with Crippen LogP contribution in [0.2, 0.25) is 10.0 Å². The van der Waals surface area contributed by atoms with Gasteiger partial charge in [-0.15, -0.1) is 0 Å². The second-order valence-corrected chi connectivity index (χ2v) is 4.52. The molecule has 0 aliphatic rings. The summed E-state index contributed by atoms with van der Waals surface area (Å²) in [4.78, 5) is 12.1. The van der Waals surface area contributed by atoms with E-state index in [0.717, 1.165) is 0 Å². The van der Waals surface area contributed by atoms with Gasteiger partial charge in [0.25, 0.3) is 0 Å². The lowest BCUT2D eigenvalue weighted by molar-refractivity contribution is -0.671. The zero-order valence-electron chi connectivity index (χ0n) is 9.15. The Morgan fingerprint density at radius 1 is 1.00 bits per heavy atom. The SMILES string of the molecule is C[n+]1ccc(C(=O)c2ccc(Cl)c(Cl)c2)cc1. The van der Waals surface area contributed by atoms with E-state index in [1.54, 1.807) is 30.3 Å². The quantitative estimate of drug-likeness (QED) is 0.605. The molecule has 0 fully saturated rings. The average molecular weight is 267 g/mol. The van der Waals surface area contributed by atoms with E-state index in [2.05, 4.69) is 0 Å². The summed E-state index contributed by atoms with van der Waals surface area (Å²) >= 11 is 11.7. The molecule has 0 atom stereocenters. The van der Waals surface area contributed by atoms with Crippen LogP contribution in [0, 0.1) is 0 Å². The summed E-state index contributed by atoms with van der Waals surface area (Å²) < 4.78 is 1.87. The molecule has 0 unspecified atom stereocenters. The maximum absolute atomic E-state index is 12.1. The highest BCUT2D eigenvalue weighted by Gasteiger charge is 2.11. The van der Waals surface area contributed by atoms with E-state index in [4.69, 9.17) is 23.2 Å². The zero-order valence-corrected chi connectivity index (χ0v) is 10.7. The van der Waals surface area contributed by atoms with E-state index < -0.39 is 0 Å². The molecule has 0 radical (unpaired) electrons. The number of aromatic nitrogens is 1. The minimum absolute atomic E-state index is 0.0656. The molecule has 0 N–H and O–H groups in total. The third-order valence-electron chi connectivity index (χ3n) is 2.42. The molecule has 2 aromatic rings. The van der Waals surface area contributed by atoms with Crippen LogP contribution in [0.3, 0.4) is 0 Å². The van der Waals surface area contributed by atoms with Crippen molar-refractivity contribution in [2.24, 2.45) is 7.05 Å². The Kier molecular flexibility index (Phi) is 3.46. The number of rotatable bonds is 2. The number of ketones is 1. The van der Waals surface area contributed by atoms with Crippen molar-refractivity contribution in [3.8, 4) is 0 Å². The molecule has 2 rings (SSSR count). The van der Waals surface area contributed by atoms with Crippen LogP contribution in [0.25, 0.3) is 0 Å². The molecule has 1 aromatic carbocycles. The lowest BCUT2D eigenvalue weighted by Crippen LogP contribution is -2.26. The second kappa shape index (κ2) is 4.86. The molecule has 0 aliphatic heterocycles. The summed E-state index contributed by atoms with van der Waals surface area (Å²) in [6.07, 6.45) is 3.65. The molecule has 0 bridgehead atoms. The highest BCUT2D eigenvalue weighted by Crippen LogP contribution is 2.23. The third kappa shape index (κ3) is 2.65. The first kappa shape index (κ1) is 12.1. The zero-order chi connectivity index (χ0) is 12.4. The number of hydrogen-bond donors (Lipinski definition) is 0. The number of benzene rings is 1. The standard InChI is InChI=1S/C13H10Cl2NO/c1-16-6-4-9(5-7-16)13(17)10-2-3-11(14)12(15)8-10/h2-8H,1H3/q+1. The van der Waals surface area contributed by atoms with Gasteiger partial charge in [-0.25, -0.2) is 4.57 Å². The fraction of sp³-hybridized carbons (Fsp3) is 0.0769. The van der Waals surface area contributed by atoms with Crippen LogP contribution < -0.4 is 4.57 Å². The first-order valence-electron chi connectivity index (χ1n) is 5.03. The number of carbonyl (C=O) groups is 1. The minimum atomic E-state index is -0.0656. The summed E-state index contributed by atoms with van der Waals surface area (Å²) in [7, 11) is 1.90. The van der Waals surface area contributed by atoms with Gasteiger partial charge in [0.1, 0.15) is 7.05 Å². The monoisotopic (exact) mass is 266 g/mol. The molecule has 0 saturated carbocycles. The van der Waals surface area contributed by atoms with Gasteiger partial charge in [0.05, 0.1) is 10.0 Å². The number of carbonyl (C=O) groups excluding carboxylic acids is 1. The topological polar surface area (TPSA) is 20.9 Å². The Balaban J connectivity index is 2.37. The summed E-state index contributed by atoms with van der Waals surface area (Å²) in [5, 5.41) is 0.835. The van der Waals surface area contributed by atoms with Gasteiger partial charge in [0.15, 0.2) is 18.2 Å². The number of pyridine rings is 1. The molecule has 0 aliphatic carbocycles. The largest absolute Gasteiger partial charge is 0.289 e. The lowest BCUT2D eigenvalue weighted by Gasteiger charge is -2.02. The van der Waals surface area contributed by atoms with Crippen LogP contribution in [0.4, 0.5) is 0 Å². The van der Waals surface area contributed by atoms with Crippen molar-refractivity contribution in [2.45, 2.75) is 0 Å². The predicted octanol–water partition coefficient (Wildman–Crippen LogP) is 3.05. The van der Waals surface area contributed by atoms with E-state index in [1.165, 1.54) is 0 Å². The summed E-state index contributed by atoms with van der Waals surface area (Å²) in [5.41, 5.74) is 1.16. The second-order valence-electron chi connectivity index (χ2n) is 3.71. The Morgan fingerprint density at radius 2 is 1.65 bits per heavy atom. The third-order valence-corrected chi connectivity index (χ3v) is 3.16. The van der Waals surface area contributed by atoms with Crippen LogP contribution in [0.5, 0.6) is 0 Å². The van der Waals surface area contributed by atoms with E-state index in [9.17, 15) is 4.79 Å². The number of aryl methyl sites for hydroxylation is 1. The fourth-order valence-corrected chi connectivity index (χ4v) is 1.75. The lowest BCUT2D eigenvalue weighted by atomic mass is 10.0. The van der Waals surface area contributed by atoms with Gasteiger partial charge in [0.2, 0.25) is 0 Å². The van der Waals surface area contributed by atoms with Crippen molar-refractivity contribution in [1.29, 1.82) is 0 Å². The van der Waals surface area contributed by atoms with E-state index in [0.29, 0.717) is 21.2 Å². The normalized spacial score (nSPS) is 10.3. The van der Waals surface area contributed by atoms with Crippen LogP contribution in [-0.4, -0.2) is 5.78 Å². The van der Waals surface area contributed by atoms with Crippen LogP contribution in [0.1, 0.15) is 15.9 Å². The molecule has 2 nitrogen and oxygen atoms in total. The first-order valence-corrected chi connectivity index (χ1v) is 5.78. The van der Waals surface area contributed by atoms with Crippen LogP contribution in [-0.2, 0) is 7.05 Å². The fourth-order valence-electron chi connectivity index (χ4n) is 1.46. The minimum Gasteiger partial charge on any atom is -0.289 e. The first-order chi connectivity index (χ1) is 8.08. The Labute approximate surface area is 109 Å². The van der Waals surface area contributed by atoms with Crippen molar-refractivity contribution < 1.29 is 9.36 Å². The van der Waals surface area contributed by atoms with Crippen LogP contribution >= 0.6 is 23.2 Å². The van der Waals surface area contributed by atoms with Crippen molar-refractivity contribution in [1.82, 2.24) is 0 Å². The van der Waals surface area contributed by atoms with Crippen LogP contribution in [0.15, 0.2) is 42.7 Å². The molecule has 1 heterocycles. The summed E-state index contributed by atoms with van der Waals surface area (Å²) in [6.45, 7) is 0. The number of halogens is 2. The molecule has 0 saturated heterocycles. The Morgan fingerprint density at radius 3 is 2.24 bits per heavy atom. The predicted molar refractivity (Wildman–Crippen MR) is 67.5 cm³/mol.